The molecule has 5 heteroatoms. The molecule has 4 fully saturated rings. The van der Waals surface area contributed by atoms with Crippen molar-refractivity contribution in [2.45, 2.75) is 57.9 Å². The van der Waals surface area contributed by atoms with Gasteiger partial charge in [-0.3, -0.25) is 0 Å². The molecule has 0 radical (unpaired) electrons. The first-order valence-corrected chi connectivity index (χ1v) is 8.24. The van der Waals surface area contributed by atoms with E-state index in [4.69, 9.17) is 5.73 Å². The highest BCUT2D eigenvalue weighted by Gasteiger charge is 2.58. The summed E-state index contributed by atoms with van der Waals surface area (Å²) in [6, 6.07) is 0. The number of rotatable bonds is 2. The lowest BCUT2D eigenvalue weighted by atomic mass is 9.43. The van der Waals surface area contributed by atoms with Crippen LogP contribution in [-0.4, -0.2) is 31.7 Å². The highest BCUT2D eigenvalue weighted by Crippen LogP contribution is 2.65. The molecule has 0 aliphatic heterocycles. The molecule has 0 heterocycles. The van der Waals surface area contributed by atoms with Gasteiger partial charge < -0.3 is 15.2 Å². The average Bonchev–Trinajstić information content (AvgIpc) is 2.39. The van der Waals surface area contributed by atoms with Crippen LogP contribution in [0.2, 0.25) is 0 Å². The lowest BCUT2D eigenvalue weighted by molar-refractivity contribution is -0.137. The van der Waals surface area contributed by atoms with E-state index in [2.05, 4.69) is 23.3 Å². The van der Waals surface area contributed by atoms with Gasteiger partial charge in [0.15, 0.2) is 0 Å². The minimum Gasteiger partial charge on any atom is -0.466 e. The van der Waals surface area contributed by atoms with E-state index in [1.54, 1.807) is 0 Å². The third kappa shape index (κ3) is 4.34. The fourth-order valence-electron chi connectivity index (χ4n) is 5.81. The maximum Gasteiger partial charge on any atom is 0.330 e. The average molecular weight is 323 g/mol. The van der Waals surface area contributed by atoms with E-state index in [0.29, 0.717) is 10.8 Å². The number of hydrogen-bond donors (Lipinski definition) is 1. The Balaban J connectivity index is 0.000000175. The van der Waals surface area contributed by atoms with E-state index >= 15 is 0 Å². The van der Waals surface area contributed by atoms with Gasteiger partial charge in [0, 0.05) is 17.7 Å². The summed E-state index contributed by atoms with van der Waals surface area (Å²) in [5.41, 5.74) is 7.92. The van der Waals surface area contributed by atoms with E-state index in [-0.39, 0.29) is 5.54 Å². The highest BCUT2D eigenvalue weighted by atomic mass is 16.5. The summed E-state index contributed by atoms with van der Waals surface area (Å²) >= 11 is 0. The van der Waals surface area contributed by atoms with Gasteiger partial charge in [-0.1, -0.05) is 13.8 Å². The van der Waals surface area contributed by atoms with Crippen LogP contribution < -0.4 is 5.73 Å². The van der Waals surface area contributed by atoms with Crippen LogP contribution in [0.3, 0.4) is 0 Å². The van der Waals surface area contributed by atoms with Crippen LogP contribution in [0.25, 0.3) is 0 Å². The van der Waals surface area contributed by atoms with Crippen molar-refractivity contribution in [2.24, 2.45) is 22.5 Å². The summed E-state index contributed by atoms with van der Waals surface area (Å²) in [5.74, 6) is -0.202. The molecule has 2 unspecified atom stereocenters. The van der Waals surface area contributed by atoms with Crippen molar-refractivity contribution < 1.29 is 19.1 Å². The van der Waals surface area contributed by atoms with Crippen LogP contribution in [0, 0.1) is 16.7 Å². The van der Waals surface area contributed by atoms with Crippen molar-refractivity contribution in [1.29, 1.82) is 0 Å². The van der Waals surface area contributed by atoms with Crippen molar-refractivity contribution in [2.75, 3.05) is 14.2 Å². The lowest BCUT2D eigenvalue weighted by Gasteiger charge is -2.64. The van der Waals surface area contributed by atoms with Crippen molar-refractivity contribution in [3.63, 3.8) is 0 Å². The molecular weight excluding hydrogens is 294 g/mol. The topological polar surface area (TPSA) is 78.6 Å². The minimum absolute atomic E-state index is 0.225. The Hall–Kier alpha value is -1.36. The molecule has 4 aliphatic rings. The van der Waals surface area contributed by atoms with Gasteiger partial charge in [0.25, 0.3) is 0 Å². The molecule has 4 aliphatic carbocycles. The zero-order valence-corrected chi connectivity index (χ0v) is 14.7. The number of esters is 2. The van der Waals surface area contributed by atoms with Gasteiger partial charge in [-0.2, -0.15) is 0 Å². The second-order valence-electron chi connectivity index (χ2n) is 8.37. The quantitative estimate of drug-likeness (QED) is 0.624. The smallest absolute Gasteiger partial charge is 0.330 e. The molecule has 4 rings (SSSR count). The van der Waals surface area contributed by atoms with Gasteiger partial charge in [-0.15, -0.1) is 0 Å². The monoisotopic (exact) mass is 323 g/mol. The van der Waals surface area contributed by atoms with Crippen LogP contribution in [0.4, 0.5) is 0 Å². The fraction of sp³-hybridized carbons (Fsp3) is 0.778. The first-order valence-electron chi connectivity index (χ1n) is 8.24. The van der Waals surface area contributed by atoms with E-state index in [0.717, 1.165) is 18.1 Å². The standard InChI is InChI=1S/C12H21N.C6H8O4/c1-10-3-9-4-11(2,6-10)8-12(13,5-9)7-10;1-9-5(7)3-4-6(8)10-2/h9H,3-8,13H2,1-2H3;3-4H,1-2H3/b;4-3+/t9?,10-,11+,12?;. The molecule has 0 amide bonds. The third-order valence-electron chi connectivity index (χ3n) is 5.43. The number of carbonyl (C=O) groups is 2. The van der Waals surface area contributed by atoms with E-state index in [1.807, 2.05) is 0 Å². The van der Waals surface area contributed by atoms with Crippen molar-refractivity contribution in [3.8, 4) is 0 Å². The zero-order valence-electron chi connectivity index (χ0n) is 14.7. The number of ether oxygens (including phenoxy) is 2. The summed E-state index contributed by atoms with van der Waals surface area (Å²) in [5, 5.41) is 0. The van der Waals surface area contributed by atoms with Gasteiger partial charge in [0.05, 0.1) is 14.2 Å². The molecule has 23 heavy (non-hydrogen) atoms. The van der Waals surface area contributed by atoms with Gasteiger partial charge in [-0.05, 0) is 55.3 Å². The summed E-state index contributed by atoms with van der Waals surface area (Å²) < 4.78 is 8.42. The van der Waals surface area contributed by atoms with Gasteiger partial charge in [0.2, 0.25) is 0 Å². The first-order chi connectivity index (χ1) is 10.6. The molecule has 4 atom stereocenters. The molecule has 4 saturated carbocycles. The molecule has 4 bridgehead atoms. The SMILES string of the molecule is COC(=O)/C=C/C(=O)OC.C[C@]12CC3CC(N)(C1)C[C@@](C)(C3)C2. The molecule has 0 spiro atoms. The first kappa shape index (κ1) is 18.0. The predicted octanol–water partition coefficient (Wildman–Crippen LogP) is 2.58. The molecule has 2 N–H and O–H groups in total. The summed E-state index contributed by atoms with van der Waals surface area (Å²) in [6.45, 7) is 4.94. The molecule has 0 aromatic heterocycles. The van der Waals surface area contributed by atoms with Crippen LogP contribution in [0.5, 0.6) is 0 Å². The van der Waals surface area contributed by atoms with Crippen LogP contribution in [0.15, 0.2) is 12.2 Å². The summed E-state index contributed by atoms with van der Waals surface area (Å²) in [4.78, 5) is 20.6. The Morgan fingerprint density at radius 1 is 0.913 bits per heavy atom. The molecule has 130 valence electrons. The van der Waals surface area contributed by atoms with Gasteiger partial charge in [-0.25, -0.2) is 9.59 Å². The molecular formula is C18H29NO4. The fourth-order valence-corrected chi connectivity index (χ4v) is 5.81. The van der Waals surface area contributed by atoms with Crippen molar-refractivity contribution in [1.82, 2.24) is 0 Å². The lowest BCUT2D eigenvalue weighted by Crippen LogP contribution is -2.62. The Morgan fingerprint density at radius 2 is 1.35 bits per heavy atom. The second kappa shape index (κ2) is 6.27. The van der Waals surface area contributed by atoms with Crippen molar-refractivity contribution >= 4 is 11.9 Å². The maximum atomic E-state index is 10.3. The Morgan fingerprint density at radius 3 is 1.65 bits per heavy atom. The highest BCUT2D eigenvalue weighted by molar-refractivity contribution is 5.91. The third-order valence-corrected chi connectivity index (χ3v) is 5.43. The number of carbonyl (C=O) groups excluding carboxylic acids is 2. The minimum atomic E-state index is -0.578. The van der Waals surface area contributed by atoms with E-state index in [1.165, 1.54) is 52.7 Å². The van der Waals surface area contributed by atoms with Crippen LogP contribution in [0.1, 0.15) is 52.4 Å². The zero-order chi connectivity index (χ0) is 17.3. The molecule has 0 aromatic rings. The largest absolute Gasteiger partial charge is 0.466 e. The van der Waals surface area contributed by atoms with Gasteiger partial charge >= 0.3 is 11.9 Å². The molecule has 0 aromatic carbocycles. The number of nitrogens with two attached hydrogens (primary N) is 1. The molecule has 0 saturated heterocycles. The summed E-state index contributed by atoms with van der Waals surface area (Å²) in [6.07, 6.45) is 10.3. The Bertz CT molecular complexity index is 444. The summed E-state index contributed by atoms with van der Waals surface area (Å²) in [7, 11) is 2.45. The predicted molar refractivity (Wildman–Crippen MR) is 87.5 cm³/mol. The second-order valence-corrected chi connectivity index (χ2v) is 8.37. The van der Waals surface area contributed by atoms with Gasteiger partial charge in [0.1, 0.15) is 0 Å². The maximum absolute atomic E-state index is 10.3. The van der Waals surface area contributed by atoms with Crippen molar-refractivity contribution in [3.05, 3.63) is 12.2 Å². The Labute approximate surface area is 138 Å². The van der Waals surface area contributed by atoms with E-state index < -0.39 is 11.9 Å². The Kier molecular flexibility index (Phi) is 4.90. The number of methoxy groups -OCH3 is 2. The van der Waals surface area contributed by atoms with Crippen LogP contribution in [-0.2, 0) is 19.1 Å². The molecule has 5 nitrogen and oxygen atoms in total. The normalized spacial score (nSPS) is 40.5. The van der Waals surface area contributed by atoms with E-state index in [9.17, 15) is 9.59 Å². The number of hydrogen-bond acceptors (Lipinski definition) is 5. The van der Waals surface area contributed by atoms with Crippen LogP contribution >= 0.6 is 0 Å².